The number of carbonyl (C=O) groups is 3. The lowest BCUT2D eigenvalue weighted by atomic mass is 10.1. The second-order valence-electron chi connectivity index (χ2n) is 7.84. The van der Waals surface area contributed by atoms with Crippen molar-refractivity contribution < 1.29 is 50.9 Å². The number of hydrogen-bond donors (Lipinski definition) is 3. The summed E-state index contributed by atoms with van der Waals surface area (Å²) < 4.78 is 65.6. The van der Waals surface area contributed by atoms with Gasteiger partial charge in [0.05, 0.1) is 17.3 Å². The summed E-state index contributed by atoms with van der Waals surface area (Å²) in [5.41, 5.74) is 1.84. The van der Waals surface area contributed by atoms with Gasteiger partial charge in [0.25, 0.3) is 5.91 Å². The highest BCUT2D eigenvalue weighted by Crippen LogP contribution is 2.24. The molecule has 10 nitrogen and oxygen atoms in total. The fourth-order valence-electron chi connectivity index (χ4n) is 2.97. The number of hydrogen-bond acceptors (Lipinski definition) is 6. The molecule has 1 aliphatic rings. The van der Waals surface area contributed by atoms with Crippen LogP contribution in [0.4, 0.5) is 26.3 Å². The zero-order valence-corrected chi connectivity index (χ0v) is 19.6. The third-order valence-electron chi connectivity index (χ3n) is 4.81. The Morgan fingerprint density at radius 1 is 1.05 bits per heavy atom. The lowest BCUT2D eigenvalue weighted by molar-refractivity contribution is -0.193. The van der Waals surface area contributed by atoms with Crippen LogP contribution in [0.2, 0.25) is 0 Å². The van der Waals surface area contributed by atoms with Gasteiger partial charge in [-0.15, -0.1) is 0 Å². The van der Waals surface area contributed by atoms with Gasteiger partial charge < -0.3 is 15.5 Å². The average Bonchev–Trinajstić information content (AvgIpc) is 3.28. The summed E-state index contributed by atoms with van der Waals surface area (Å²) in [6.45, 7) is 6.97. The van der Waals surface area contributed by atoms with Crippen LogP contribution >= 0.6 is 0 Å². The summed E-state index contributed by atoms with van der Waals surface area (Å²) in [5.74, 6) is -5.59. The van der Waals surface area contributed by atoms with Crippen molar-refractivity contribution in [3.63, 3.8) is 0 Å². The number of aliphatic carboxylic acids is 2. The monoisotopic (exact) mass is 541 g/mol. The predicted octanol–water partition coefficient (Wildman–Crippen LogP) is 3.13. The van der Waals surface area contributed by atoms with Gasteiger partial charge in [-0.3, -0.25) is 19.4 Å². The minimum Gasteiger partial charge on any atom is -0.475 e. The van der Waals surface area contributed by atoms with E-state index < -0.39 is 24.3 Å². The van der Waals surface area contributed by atoms with Gasteiger partial charge in [0.1, 0.15) is 0 Å². The van der Waals surface area contributed by atoms with Crippen molar-refractivity contribution in [3.8, 4) is 0 Å². The van der Waals surface area contributed by atoms with Crippen LogP contribution in [0.1, 0.15) is 42.4 Å². The zero-order valence-electron chi connectivity index (χ0n) is 19.6. The molecule has 16 heteroatoms. The molecule has 0 bridgehead atoms. The normalized spacial score (nSPS) is 15.4. The van der Waals surface area contributed by atoms with Crippen molar-refractivity contribution in [2.75, 3.05) is 13.1 Å². The maximum absolute atomic E-state index is 12.1. The van der Waals surface area contributed by atoms with Crippen molar-refractivity contribution in [1.29, 1.82) is 0 Å². The largest absolute Gasteiger partial charge is 0.490 e. The van der Waals surface area contributed by atoms with Crippen molar-refractivity contribution in [2.24, 2.45) is 0 Å². The molecule has 0 radical (unpaired) electrons. The fourth-order valence-corrected chi connectivity index (χ4v) is 2.97. The summed E-state index contributed by atoms with van der Waals surface area (Å²) in [6.07, 6.45) is -4.19. The van der Waals surface area contributed by atoms with Gasteiger partial charge in [-0.1, -0.05) is 0 Å². The average molecular weight is 541 g/mol. The lowest BCUT2D eigenvalue weighted by Gasteiger charge is -2.36. The number of halogens is 6. The molecule has 1 amide bonds. The van der Waals surface area contributed by atoms with E-state index in [1.807, 2.05) is 6.20 Å². The van der Waals surface area contributed by atoms with E-state index in [0.29, 0.717) is 24.2 Å². The highest BCUT2D eigenvalue weighted by molar-refractivity contribution is 5.93. The summed E-state index contributed by atoms with van der Waals surface area (Å²) in [4.78, 5) is 36.3. The summed E-state index contributed by atoms with van der Waals surface area (Å²) in [7, 11) is 0. The molecule has 0 saturated heterocycles. The van der Waals surface area contributed by atoms with Crippen LogP contribution in [0.25, 0.3) is 0 Å². The van der Waals surface area contributed by atoms with E-state index in [9.17, 15) is 31.1 Å². The molecule has 1 unspecified atom stereocenters. The van der Waals surface area contributed by atoms with Crippen LogP contribution < -0.4 is 5.32 Å². The number of carboxylic acid groups (broad SMARTS) is 2. The van der Waals surface area contributed by atoms with E-state index in [0.717, 1.165) is 19.5 Å². The Bertz CT molecular complexity index is 1000. The first-order chi connectivity index (χ1) is 17.0. The zero-order chi connectivity index (χ0) is 28.4. The first kappa shape index (κ1) is 31.3. The Hall–Kier alpha value is -3.69. The number of carbonyl (C=O) groups excluding carboxylic acids is 1. The molecule has 0 aliphatic carbocycles. The molecule has 3 N–H and O–H groups in total. The molecule has 1 aliphatic heterocycles. The third-order valence-corrected chi connectivity index (χ3v) is 4.81. The van der Waals surface area contributed by atoms with Crippen LogP contribution in [-0.2, 0) is 16.1 Å². The number of nitrogens with one attached hydrogen (secondary N) is 1. The minimum atomic E-state index is -5.08. The standard InChI is InChI=1S/C17H23N5O.2C2HF3O2/c1-13(2)21-11-15(22-16(12-21)6-9-20-22)5-8-19-17(23)14-4-3-7-18-10-14;2*3-2(4,5)1(6)7/h3-4,6-7,9-10,13,15H,5,8,11-12H2,1-2H3,(H,19,23);2*(H,6,7). The van der Waals surface area contributed by atoms with Gasteiger partial charge in [-0.05, 0) is 38.5 Å². The van der Waals surface area contributed by atoms with Crippen molar-refractivity contribution in [1.82, 2.24) is 25.0 Å². The molecule has 1 atom stereocenters. The van der Waals surface area contributed by atoms with Gasteiger partial charge >= 0.3 is 24.3 Å². The van der Waals surface area contributed by atoms with E-state index in [2.05, 4.69) is 44.9 Å². The number of nitrogens with zero attached hydrogens (tertiary/aromatic N) is 4. The van der Waals surface area contributed by atoms with E-state index in [-0.39, 0.29) is 5.91 Å². The first-order valence-corrected chi connectivity index (χ1v) is 10.6. The Balaban J connectivity index is 0.000000404. The lowest BCUT2D eigenvalue weighted by Crippen LogP contribution is -2.42. The van der Waals surface area contributed by atoms with Crippen LogP contribution in [0.15, 0.2) is 36.8 Å². The molecule has 3 rings (SSSR count). The van der Waals surface area contributed by atoms with Crippen molar-refractivity contribution in [3.05, 3.63) is 48.0 Å². The Labute approximate surface area is 206 Å². The van der Waals surface area contributed by atoms with Crippen LogP contribution in [0, 0.1) is 0 Å². The van der Waals surface area contributed by atoms with Gasteiger partial charge in [0.2, 0.25) is 0 Å². The summed E-state index contributed by atoms with van der Waals surface area (Å²) >= 11 is 0. The molecule has 2 aromatic heterocycles. The number of amides is 1. The quantitative estimate of drug-likeness (QED) is 0.491. The SMILES string of the molecule is CC(C)N1Cc2ccnn2C(CCNC(=O)c2cccnc2)C1.O=C(O)C(F)(F)F.O=C(O)C(F)(F)F. The predicted molar refractivity (Wildman–Crippen MR) is 115 cm³/mol. The molecule has 2 aromatic rings. The highest BCUT2D eigenvalue weighted by Gasteiger charge is 2.38. The minimum absolute atomic E-state index is 0.0738. The molecule has 0 spiro atoms. The van der Waals surface area contributed by atoms with Gasteiger partial charge in [0, 0.05) is 44.3 Å². The molecule has 3 heterocycles. The number of alkyl halides is 6. The van der Waals surface area contributed by atoms with E-state index >= 15 is 0 Å². The summed E-state index contributed by atoms with van der Waals surface area (Å²) in [6, 6.07) is 6.42. The van der Waals surface area contributed by atoms with E-state index in [1.165, 1.54) is 5.69 Å². The van der Waals surface area contributed by atoms with Gasteiger partial charge in [-0.25, -0.2) is 9.59 Å². The van der Waals surface area contributed by atoms with Crippen molar-refractivity contribution in [2.45, 2.75) is 51.2 Å². The first-order valence-electron chi connectivity index (χ1n) is 10.6. The Morgan fingerprint density at radius 3 is 2.08 bits per heavy atom. The molecule has 37 heavy (non-hydrogen) atoms. The maximum atomic E-state index is 12.1. The molecule has 206 valence electrons. The molecule has 0 saturated carbocycles. The fraction of sp³-hybridized carbons (Fsp3) is 0.476. The number of carboxylic acids is 2. The molecular formula is C21H25F6N5O5. The van der Waals surface area contributed by atoms with E-state index in [1.54, 1.807) is 24.5 Å². The highest BCUT2D eigenvalue weighted by atomic mass is 19.4. The number of fused-ring (bicyclic) bond motifs is 1. The van der Waals surface area contributed by atoms with E-state index in [4.69, 9.17) is 19.8 Å². The molecular weight excluding hydrogens is 516 g/mol. The second kappa shape index (κ2) is 13.6. The number of aromatic nitrogens is 3. The molecule has 0 fully saturated rings. The second-order valence-corrected chi connectivity index (χ2v) is 7.84. The maximum Gasteiger partial charge on any atom is 0.490 e. The van der Waals surface area contributed by atoms with Crippen LogP contribution in [-0.4, -0.2) is 79.2 Å². The summed E-state index contributed by atoms with van der Waals surface area (Å²) in [5, 5.41) is 21.7. The van der Waals surface area contributed by atoms with Crippen LogP contribution in [0.3, 0.4) is 0 Å². The van der Waals surface area contributed by atoms with Crippen molar-refractivity contribution >= 4 is 17.8 Å². The number of rotatable bonds is 5. The smallest absolute Gasteiger partial charge is 0.475 e. The molecule has 0 aromatic carbocycles. The third kappa shape index (κ3) is 10.8. The topological polar surface area (TPSA) is 138 Å². The Kier molecular flexibility index (Phi) is 11.5. The van der Waals surface area contributed by atoms with Gasteiger partial charge in [0.15, 0.2) is 0 Å². The van der Waals surface area contributed by atoms with Crippen LogP contribution in [0.5, 0.6) is 0 Å². The number of pyridine rings is 1. The Morgan fingerprint density at radius 2 is 1.62 bits per heavy atom. The van der Waals surface area contributed by atoms with Gasteiger partial charge in [-0.2, -0.15) is 31.4 Å².